The van der Waals surface area contributed by atoms with E-state index in [0.717, 1.165) is 17.5 Å². The van der Waals surface area contributed by atoms with Crippen molar-refractivity contribution in [2.24, 2.45) is 11.1 Å². The molecule has 37 heavy (non-hydrogen) atoms. The summed E-state index contributed by atoms with van der Waals surface area (Å²) in [5.74, 6) is -0.617. The van der Waals surface area contributed by atoms with E-state index < -0.39 is 22.9 Å². The predicted molar refractivity (Wildman–Crippen MR) is 141 cm³/mol. The Hall–Kier alpha value is -3.23. The Kier molecular flexibility index (Phi) is 7.99. The minimum Gasteiger partial charge on any atom is -0.374 e. The Balaban J connectivity index is 1.54. The zero-order valence-corrected chi connectivity index (χ0v) is 22.0. The van der Waals surface area contributed by atoms with E-state index in [2.05, 4.69) is 17.4 Å². The third-order valence-electron chi connectivity index (χ3n) is 7.52. The van der Waals surface area contributed by atoms with Crippen LogP contribution in [0.4, 0.5) is 0 Å². The molecule has 2 fully saturated rings. The summed E-state index contributed by atoms with van der Waals surface area (Å²) >= 11 is 0. The molecule has 0 saturated carbocycles. The van der Waals surface area contributed by atoms with Gasteiger partial charge in [-0.05, 0) is 37.8 Å². The van der Waals surface area contributed by atoms with Crippen molar-refractivity contribution in [2.75, 3.05) is 33.3 Å². The van der Waals surface area contributed by atoms with Gasteiger partial charge < -0.3 is 25.6 Å². The molecule has 0 bridgehead atoms. The van der Waals surface area contributed by atoms with Gasteiger partial charge in [-0.2, -0.15) is 0 Å². The monoisotopic (exact) mass is 506 g/mol. The maximum Gasteiger partial charge on any atom is 0.247 e. The second-order valence-electron chi connectivity index (χ2n) is 10.9. The number of rotatable bonds is 8. The van der Waals surface area contributed by atoms with Crippen LogP contribution in [0.2, 0.25) is 0 Å². The number of nitrogens with two attached hydrogens (primary N) is 1. The lowest BCUT2D eigenvalue weighted by Crippen LogP contribution is -2.60. The smallest absolute Gasteiger partial charge is 0.247 e. The molecule has 3 atom stereocenters. The van der Waals surface area contributed by atoms with E-state index in [0.29, 0.717) is 32.7 Å². The molecule has 1 spiro atoms. The normalized spacial score (nSPS) is 22.8. The van der Waals surface area contributed by atoms with Crippen molar-refractivity contribution >= 4 is 17.7 Å². The summed E-state index contributed by atoms with van der Waals surface area (Å²) in [7, 11) is 1.83. The van der Waals surface area contributed by atoms with E-state index in [-0.39, 0.29) is 24.3 Å². The number of ether oxygens (including phenoxy) is 1. The fourth-order valence-corrected chi connectivity index (χ4v) is 5.51. The van der Waals surface area contributed by atoms with Crippen LogP contribution in [0, 0.1) is 5.41 Å². The second-order valence-corrected chi connectivity index (χ2v) is 10.9. The van der Waals surface area contributed by atoms with E-state index in [1.165, 1.54) is 0 Å². The summed E-state index contributed by atoms with van der Waals surface area (Å²) in [5.41, 5.74) is 6.26. The molecule has 2 aromatic carbocycles. The lowest BCUT2D eigenvalue weighted by atomic mass is 9.69. The Morgan fingerprint density at radius 1 is 1.14 bits per heavy atom. The molecule has 198 valence electrons. The minimum absolute atomic E-state index is 0.00727. The number of likely N-dealkylation sites (N-methyl/N-ethyl adjacent to an activating group) is 1. The highest BCUT2D eigenvalue weighted by Gasteiger charge is 2.55. The quantitative estimate of drug-likeness (QED) is 0.572. The standard InChI is InChI=1S/C29H38N4O4/c1-28(2,30)26(35)31-24(19-37-18-21-11-6-4-7-12-21)25(34)33-16-10-15-29(20-33)23(17-32(3)27(29)36)22-13-8-5-9-14-22/h4-9,11-14,23-24H,10,15-20,30H2,1-3H3,(H,31,35). The topological polar surface area (TPSA) is 105 Å². The molecule has 2 aliphatic heterocycles. The second kappa shape index (κ2) is 11.0. The molecule has 2 aliphatic rings. The van der Waals surface area contributed by atoms with Crippen molar-refractivity contribution in [3.8, 4) is 0 Å². The predicted octanol–water partition coefficient (Wildman–Crippen LogP) is 2.29. The van der Waals surface area contributed by atoms with Gasteiger partial charge in [0.25, 0.3) is 0 Å². The first kappa shape index (κ1) is 26.8. The molecule has 8 nitrogen and oxygen atoms in total. The highest BCUT2D eigenvalue weighted by Crippen LogP contribution is 2.49. The van der Waals surface area contributed by atoms with Crippen LogP contribution >= 0.6 is 0 Å². The van der Waals surface area contributed by atoms with Crippen LogP contribution in [0.15, 0.2) is 60.7 Å². The molecule has 8 heteroatoms. The van der Waals surface area contributed by atoms with Gasteiger partial charge in [-0.25, -0.2) is 0 Å². The van der Waals surface area contributed by atoms with Crippen molar-refractivity contribution in [1.82, 2.24) is 15.1 Å². The first-order chi connectivity index (χ1) is 17.6. The van der Waals surface area contributed by atoms with Crippen molar-refractivity contribution in [1.29, 1.82) is 0 Å². The molecule has 4 rings (SSSR count). The molecule has 0 aromatic heterocycles. The molecule has 2 aromatic rings. The molecule has 0 radical (unpaired) electrons. The van der Waals surface area contributed by atoms with Gasteiger partial charge in [0.05, 0.1) is 24.2 Å². The summed E-state index contributed by atoms with van der Waals surface area (Å²) in [6, 6.07) is 18.8. The van der Waals surface area contributed by atoms with Crippen molar-refractivity contribution < 1.29 is 19.1 Å². The van der Waals surface area contributed by atoms with E-state index >= 15 is 0 Å². The van der Waals surface area contributed by atoms with Gasteiger partial charge in [0, 0.05) is 32.6 Å². The molecular formula is C29H38N4O4. The highest BCUT2D eigenvalue weighted by molar-refractivity contribution is 5.92. The number of likely N-dealkylation sites (tertiary alicyclic amines) is 2. The maximum absolute atomic E-state index is 13.8. The third-order valence-corrected chi connectivity index (χ3v) is 7.52. The summed E-state index contributed by atoms with van der Waals surface area (Å²) in [5, 5.41) is 2.81. The largest absolute Gasteiger partial charge is 0.374 e. The van der Waals surface area contributed by atoms with E-state index in [1.807, 2.05) is 55.6 Å². The van der Waals surface area contributed by atoms with Gasteiger partial charge in [-0.3, -0.25) is 14.4 Å². The van der Waals surface area contributed by atoms with Crippen LogP contribution in [-0.2, 0) is 25.7 Å². The Labute approximate surface area is 219 Å². The molecule has 2 heterocycles. The average Bonchev–Trinajstić information content (AvgIpc) is 3.13. The maximum atomic E-state index is 13.8. The van der Waals surface area contributed by atoms with Crippen molar-refractivity contribution in [3.63, 3.8) is 0 Å². The van der Waals surface area contributed by atoms with E-state index in [9.17, 15) is 14.4 Å². The number of hydrogen-bond acceptors (Lipinski definition) is 5. The molecule has 3 N–H and O–H groups in total. The number of nitrogens with one attached hydrogen (secondary N) is 1. The number of nitrogens with zero attached hydrogens (tertiary/aromatic N) is 2. The first-order valence-corrected chi connectivity index (χ1v) is 12.9. The fourth-order valence-electron chi connectivity index (χ4n) is 5.51. The van der Waals surface area contributed by atoms with Gasteiger partial charge >= 0.3 is 0 Å². The highest BCUT2D eigenvalue weighted by atomic mass is 16.5. The number of carbonyl (C=O) groups is 3. The molecular weight excluding hydrogens is 468 g/mol. The zero-order valence-electron chi connectivity index (χ0n) is 22.0. The number of hydrogen-bond donors (Lipinski definition) is 2. The average molecular weight is 507 g/mol. The van der Waals surface area contributed by atoms with Gasteiger partial charge in [0.1, 0.15) is 6.04 Å². The lowest BCUT2D eigenvalue weighted by molar-refractivity contribution is -0.147. The number of carbonyl (C=O) groups excluding carboxylic acids is 3. The molecule has 3 amide bonds. The number of piperidine rings is 1. The number of amides is 3. The SMILES string of the molecule is CN1CC(c2ccccc2)C2(CCCN(C(=O)C(COCc3ccccc3)NC(=O)C(C)(C)N)C2)C1=O. The number of benzene rings is 2. The van der Waals surface area contributed by atoms with Crippen LogP contribution in [0.25, 0.3) is 0 Å². The Morgan fingerprint density at radius 3 is 2.43 bits per heavy atom. The van der Waals surface area contributed by atoms with Gasteiger partial charge in [0.2, 0.25) is 17.7 Å². The van der Waals surface area contributed by atoms with Gasteiger partial charge in [-0.1, -0.05) is 60.7 Å². The zero-order chi connectivity index (χ0) is 26.6. The van der Waals surface area contributed by atoms with Gasteiger partial charge in [0.15, 0.2) is 0 Å². The third kappa shape index (κ3) is 5.86. The van der Waals surface area contributed by atoms with Crippen LogP contribution in [0.5, 0.6) is 0 Å². The van der Waals surface area contributed by atoms with Crippen LogP contribution < -0.4 is 11.1 Å². The lowest BCUT2D eigenvalue weighted by Gasteiger charge is -2.43. The summed E-state index contributed by atoms with van der Waals surface area (Å²) in [4.78, 5) is 43.6. The fraction of sp³-hybridized carbons (Fsp3) is 0.483. The van der Waals surface area contributed by atoms with Crippen LogP contribution in [-0.4, -0.2) is 72.4 Å². The van der Waals surface area contributed by atoms with E-state index in [1.54, 1.807) is 23.6 Å². The van der Waals surface area contributed by atoms with Crippen molar-refractivity contribution in [3.05, 3.63) is 71.8 Å². The molecule has 0 aliphatic carbocycles. The summed E-state index contributed by atoms with van der Waals surface area (Å²) in [6.45, 7) is 4.98. The Morgan fingerprint density at radius 2 is 1.78 bits per heavy atom. The van der Waals surface area contributed by atoms with Crippen LogP contribution in [0.1, 0.15) is 43.7 Å². The molecule has 2 saturated heterocycles. The van der Waals surface area contributed by atoms with E-state index in [4.69, 9.17) is 10.5 Å². The minimum atomic E-state index is -1.15. The molecule has 3 unspecified atom stereocenters. The van der Waals surface area contributed by atoms with Crippen LogP contribution in [0.3, 0.4) is 0 Å². The van der Waals surface area contributed by atoms with Crippen molar-refractivity contribution in [2.45, 2.75) is 50.8 Å². The summed E-state index contributed by atoms with van der Waals surface area (Å²) in [6.07, 6.45) is 1.43. The first-order valence-electron chi connectivity index (χ1n) is 12.9. The summed E-state index contributed by atoms with van der Waals surface area (Å²) < 4.78 is 5.87. The Bertz CT molecular complexity index is 1100. The van der Waals surface area contributed by atoms with Gasteiger partial charge in [-0.15, -0.1) is 0 Å².